The smallest absolute Gasteiger partial charge is 0.306 e. The Bertz CT molecular complexity index is 1280. The molecule has 0 bridgehead atoms. The van der Waals surface area contributed by atoms with Crippen LogP contribution in [0.4, 0.5) is 0 Å². The predicted octanol–water partition coefficient (Wildman–Crippen LogP) is 4.76. The molecule has 0 fully saturated rings. The summed E-state index contributed by atoms with van der Waals surface area (Å²) in [5.41, 5.74) is 3.47. The van der Waals surface area contributed by atoms with E-state index in [0.29, 0.717) is 49.6 Å². The van der Waals surface area contributed by atoms with Gasteiger partial charge in [-0.05, 0) is 51.0 Å². The lowest BCUT2D eigenvalue weighted by Gasteiger charge is -2.06. The molecule has 0 amide bonds. The predicted molar refractivity (Wildman–Crippen MR) is 133 cm³/mol. The molecular weight excluding hydrogens is 460 g/mol. The molecular formula is C27H30N4O5. The first-order valence-corrected chi connectivity index (χ1v) is 12.0. The molecule has 0 saturated carbocycles. The maximum atomic E-state index is 11.8. The number of hydrogen-bond acceptors (Lipinski definition) is 8. The van der Waals surface area contributed by atoms with Crippen LogP contribution in [0, 0.1) is 6.92 Å². The summed E-state index contributed by atoms with van der Waals surface area (Å²) >= 11 is 0. The maximum Gasteiger partial charge on any atom is 0.306 e. The Kier molecular flexibility index (Phi) is 8.33. The zero-order valence-electron chi connectivity index (χ0n) is 20.8. The second-order valence-corrected chi connectivity index (χ2v) is 8.07. The Morgan fingerprint density at radius 3 is 2.69 bits per heavy atom. The number of rotatable bonds is 12. The van der Waals surface area contributed by atoms with Crippen molar-refractivity contribution < 1.29 is 23.4 Å². The molecule has 0 unspecified atom stereocenters. The van der Waals surface area contributed by atoms with Crippen LogP contribution >= 0.6 is 0 Å². The van der Waals surface area contributed by atoms with Crippen LogP contribution in [0.2, 0.25) is 0 Å². The lowest BCUT2D eigenvalue weighted by atomic mass is 10.2. The van der Waals surface area contributed by atoms with Gasteiger partial charge in [0.05, 0.1) is 19.8 Å². The number of pyridine rings is 1. The number of benzene rings is 1. The minimum Gasteiger partial charge on any atom is -0.477 e. The minimum atomic E-state index is -0.234. The first-order chi connectivity index (χ1) is 17.6. The number of carbonyl (C=O) groups is 1. The Morgan fingerprint density at radius 2 is 1.92 bits per heavy atom. The minimum absolute atomic E-state index is 0.234. The van der Waals surface area contributed by atoms with Crippen molar-refractivity contribution in [3.05, 3.63) is 77.4 Å². The molecule has 0 aliphatic heterocycles. The molecule has 0 aliphatic rings. The highest BCUT2D eigenvalue weighted by Gasteiger charge is 2.14. The van der Waals surface area contributed by atoms with Crippen LogP contribution in [-0.2, 0) is 29.1 Å². The second-order valence-electron chi connectivity index (χ2n) is 8.07. The topological polar surface area (TPSA) is 102 Å². The molecule has 0 saturated heterocycles. The van der Waals surface area contributed by atoms with Gasteiger partial charge in [-0.2, -0.15) is 0 Å². The molecule has 36 heavy (non-hydrogen) atoms. The van der Waals surface area contributed by atoms with E-state index in [4.69, 9.17) is 18.6 Å². The second kappa shape index (κ2) is 12.0. The highest BCUT2D eigenvalue weighted by atomic mass is 16.5. The first kappa shape index (κ1) is 25.0. The molecule has 0 atom stereocenters. The quantitative estimate of drug-likeness (QED) is 0.262. The highest BCUT2D eigenvalue weighted by Crippen LogP contribution is 2.23. The van der Waals surface area contributed by atoms with Crippen LogP contribution in [0.25, 0.3) is 11.5 Å². The first-order valence-electron chi connectivity index (χ1n) is 12.0. The number of aryl methyl sites for hydroxylation is 2. The SMILES string of the molecule is CCOC(=O)CCc1cn(Cc2ccnc(OCc3nc(-c4ccccc4)oc3C)c2)nc1OCC. The van der Waals surface area contributed by atoms with Gasteiger partial charge in [-0.25, -0.2) is 9.97 Å². The number of ether oxygens (including phenoxy) is 3. The molecule has 9 nitrogen and oxygen atoms in total. The fourth-order valence-electron chi connectivity index (χ4n) is 3.65. The van der Waals surface area contributed by atoms with Gasteiger partial charge in [0.1, 0.15) is 18.1 Å². The van der Waals surface area contributed by atoms with Gasteiger partial charge in [0.2, 0.25) is 17.7 Å². The Labute approximate surface area is 210 Å². The number of aromatic nitrogens is 4. The fraction of sp³-hybridized carbons (Fsp3) is 0.333. The molecule has 188 valence electrons. The van der Waals surface area contributed by atoms with Crippen molar-refractivity contribution >= 4 is 5.97 Å². The van der Waals surface area contributed by atoms with Gasteiger partial charge in [0.25, 0.3) is 0 Å². The molecule has 0 spiro atoms. The average Bonchev–Trinajstić information content (AvgIpc) is 3.45. The van der Waals surface area contributed by atoms with Crippen molar-refractivity contribution in [1.82, 2.24) is 19.7 Å². The number of esters is 1. The van der Waals surface area contributed by atoms with Crippen molar-refractivity contribution in [3.63, 3.8) is 0 Å². The van der Waals surface area contributed by atoms with Gasteiger partial charge in [-0.3, -0.25) is 9.48 Å². The van der Waals surface area contributed by atoms with E-state index in [2.05, 4.69) is 15.1 Å². The highest BCUT2D eigenvalue weighted by molar-refractivity contribution is 5.69. The molecule has 0 radical (unpaired) electrons. The summed E-state index contributed by atoms with van der Waals surface area (Å²) in [4.78, 5) is 20.7. The van der Waals surface area contributed by atoms with Crippen LogP contribution in [0.3, 0.4) is 0 Å². The third-order valence-electron chi connectivity index (χ3n) is 5.40. The van der Waals surface area contributed by atoms with Crippen molar-refractivity contribution in [1.29, 1.82) is 0 Å². The number of carbonyl (C=O) groups excluding carboxylic acids is 1. The van der Waals surface area contributed by atoms with Gasteiger partial charge in [0.15, 0.2) is 0 Å². The molecule has 1 aromatic carbocycles. The van der Waals surface area contributed by atoms with Crippen LogP contribution in [0.1, 0.15) is 42.8 Å². The van der Waals surface area contributed by atoms with Gasteiger partial charge >= 0.3 is 5.97 Å². The van der Waals surface area contributed by atoms with E-state index < -0.39 is 0 Å². The molecule has 9 heteroatoms. The summed E-state index contributed by atoms with van der Waals surface area (Å²) in [5.74, 6) is 2.05. The molecule has 4 rings (SSSR count). The van der Waals surface area contributed by atoms with E-state index >= 15 is 0 Å². The standard InChI is InChI=1S/C27H30N4O5/c1-4-33-25(32)12-11-22-17-31(30-27(22)34-5-2)16-20-13-14-28-24(15-20)35-18-23-19(3)36-26(29-23)21-9-7-6-8-10-21/h6-10,13-15,17H,4-5,11-12,16,18H2,1-3H3. The summed E-state index contributed by atoms with van der Waals surface area (Å²) in [7, 11) is 0. The summed E-state index contributed by atoms with van der Waals surface area (Å²) < 4.78 is 24.2. The van der Waals surface area contributed by atoms with Crippen molar-refractivity contribution in [2.45, 2.75) is 46.8 Å². The van der Waals surface area contributed by atoms with Crippen LogP contribution < -0.4 is 9.47 Å². The maximum absolute atomic E-state index is 11.8. The van der Waals surface area contributed by atoms with E-state index in [1.165, 1.54) is 0 Å². The summed E-state index contributed by atoms with van der Waals surface area (Å²) in [6.45, 7) is 7.17. The van der Waals surface area contributed by atoms with E-state index in [0.717, 1.165) is 22.4 Å². The van der Waals surface area contributed by atoms with Gasteiger partial charge in [0, 0.05) is 36.0 Å². The fourth-order valence-corrected chi connectivity index (χ4v) is 3.65. The van der Waals surface area contributed by atoms with Crippen molar-refractivity contribution in [2.75, 3.05) is 13.2 Å². The van der Waals surface area contributed by atoms with Gasteiger partial charge in [-0.15, -0.1) is 5.10 Å². The van der Waals surface area contributed by atoms with E-state index in [9.17, 15) is 4.79 Å². The van der Waals surface area contributed by atoms with Gasteiger partial charge < -0.3 is 18.6 Å². The van der Waals surface area contributed by atoms with E-state index in [1.54, 1.807) is 17.8 Å². The third kappa shape index (κ3) is 6.50. The molecule has 3 aromatic heterocycles. The molecule has 0 aliphatic carbocycles. The zero-order valence-corrected chi connectivity index (χ0v) is 20.8. The van der Waals surface area contributed by atoms with Crippen LogP contribution in [0.5, 0.6) is 11.8 Å². The summed E-state index contributed by atoms with van der Waals surface area (Å²) in [5, 5.41) is 4.54. The Morgan fingerprint density at radius 1 is 1.08 bits per heavy atom. The largest absolute Gasteiger partial charge is 0.477 e. The molecule has 4 aromatic rings. The van der Waals surface area contributed by atoms with E-state index in [-0.39, 0.29) is 19.0 Å². The molecule has 3 heterocycles. The monoisotopic (exact) mass is 490 g/mol. The lowest BCUT2D eigenvalue weighted by Crippen LogP contribution is -2.05. The Hall–Kier alpha value is -4.14. The number of nitrogens with zero attached hydrogens (tertiary/aromatic N) is 4. The summed E-state index contributed by atoms with van der Waals surface area (Å²) in [6, 6.07) is 13.5. The summed E-state index contributed by atoms with van der Waals surface area (Å²) in [6.07, 6.45) is 4.38. The molecule has 0 N–H and O–H groups in total. The van der Waals surface area contributed by atoms with E-state index in [1.807, 2.05) is 62.5 Å². The van der Waals surface area contributed by atoms with Crippen LogP contribution in [0.15, 0.2) is 59.3 Å². The van der Waals surface area contributed by atoms with Crippen molar-refractivity contribution in [3.8, 4) is 23.2 Å². The number of oxazole rings is 1. The Balaban J connectivity index is 1.40. The van der Waals surface area contributed by atoms with Crippen molar-refractivity contribution in [2.24, 2.45) is 0 Å². The van der Waals surface area contributed by atoms with Gasteiger partial charge in [-0.1, -0.05) is 18.2 Å². The number of hydrogen-bond donors (Lipinski definition) is 0. The third-order valence-corrected chi connectivity index (χ3v) is 5.40. The zero-order chi connectivity index (χ0) is 25.3. The normalized spacial score (nSPS) is 10.9. The van der Waals surface area contributed by atoms with Crippen LogP contribution in [-0.4, -0.2) is 38.9 Å². The average molecular weight is 491 g/mol. The lowest BCUT2D eigenvalue weighted by molar-refractivity contribution is -0.143.